The number of benzene rings is 1. The summed E-state index contributed by atoms with van der Waals surface area (Å²) in [5.74, 6) is 1.20. The summed E-state index contributed by atoms with van der Waals surface area (Å²) in [6.07, 6.45) is 3.34. The van der Waals surface area contributed by atoms with E-state index in [4.69, 9.17) is 4.74 Å². The molecule has 0 bridgehead atoms. The molecule has 0 spiro atoms. The first-order valence-electron chi connectivity index (χ1n) is 7.89. The Morgan fingerprint density at radius 2 is 2.24 bits per heavy atom. The lowest BCUT2D eigenvalue weighted by Gasteiger charge is -2.29. The molecule has 1 saturated heterocycles. The number of hydrogen-bond donors (Lipinski definition) is 1. The number of rotatable bonds is 6. The molecule has 1 aromatic carbocycles. The highest BCUT2D eigenvalue weighted by atomic mass is 16.5. The number of nitrogens with zero attached hydrogens (tertiary/aromatic N) is 1. The van der Waals surface area contributed by atoms with Crippen molar-refractivity contribution in [2.75, 3.05) is 33.3 Å². The number of amides is 1. The molecule has 1 aliphatic rings. The van der Waals surface area contributed by atoms with Gasteiger partial charge in [0.1, 0.15) is 5.75 Å². The van der Waals surface area contributed by atoms with Crippen LogP contribution in [0.4, 0.5) is 0 Å². The quantitative estimate of drug-likeness (QED) is 0.875. The maximum atomic E-state index is 12.3. The number of hydrogen-bond acceptors (Lipinski definition) is 3. The van der Waals surface area contributed by atoms with E-state index in [1.165, 1.54) is 12.8 Å². The summed E-state index contributed by atoms with van der Waals surface area (Å²) in [6, 6.07) is 7.46. The molecule has 2 rings (SSSR count). The van der Waals surface area contributed by atoms with Gasteiger partial charge in [-0.25, -0.2) is 0 Å². The van der Waals surface area contributed by atoms with Crippen LogP contribution in [-0.2, 0) is 0 Å². The first-order chi connectivity index (χ1) is 10.2. The van der Waals surface area contributed by atoms with Crippen molar-refractivity contribution in [2.45, 2.75) is 26.2 Å². The van der Waals surface area contributed by atoms with Crippen LogP contribution in [0.2, 0.25) is 0 Å². The van der Waals surface area contributed by atoms with Crippen LogP contribution in [0.3, 0.4) is 0 Å². The second kappa shape index (κ2) is 8.03. The van der Waals surface area contributed by atoms with E-state index in [-0.39, 0.29) is 5.91 Å². The number of nitrogens with one attached hydrogen (secondary N) is 1. The molecule has 0 saturated carbocycles. The normalized spacial score (nSPS) is 19.2. The molecule has 21 heavy (non-hydrogen) atoms. The molecule has 1 aliphatic heterocycles. The molecule has 4 nitrogen and oxygen atoms in total. The lowest BCUT2D eigenvalue weighted by molar-refractivity contribution is 0.0932. The van der Waals surface area contributed by atoms with Crippen molar-refractivity contribution in [1.29, 1.82) is 0 Å². The number of likely N-dealkylation sites (tertiary alicyclic amines) is 1. The van der Waals surface area contributed by atoms with Gasteiger partial charge in [0.05, 0.1) is 12.2 Å². The minimum Gasteiger partial charge on any atom is -0.493 e. The molecule has 1 atom stereocenters. The summed E-state index contributed by atoms with van der Waals surface area (Å²) in [7, 11) is 2.14. The van der Waals surface area contributed by atoms with Crippen LogP contribution in [0.5, 0.6) is 5.75 Å². The van der Waals surface area contributed by atoms with Crippen LogP contribution < -0.4 is 10.1 Å². The first-order valence-corrected chi connectivity index (χ1v) is 7.89. The maximum absolute atomic E-state index is 12.3. The van der Waals surface area contributed by atoms with Crippen LogP contribution in [0.15, 0.2) is 24.3 Å². The molecule has 1 fully saturated rings. The first kappa shape index (κ1) is 15.8. The van der Waals surface area contributed by atoms with E-state index in [9.17, 15) is 4.79 Å². The molecule has 0 radical (unpaired) electrons. The number of para-hydroxylation sites is 1. The number of carbonyl (C=O) groups excluding carboxylic acids is 1. The predicted octanol–water partition coefficient (Wildman–Crippen LogP) is 2.55. The van der Waals surface area contributed by atoms with Gasteiger partial charge in [0.25, 0.3) is 5.91 Å². The molecule has 1 heterocycles. The minimum absolute atomic E-state index is 0.0325. The fraction of sp³-hybridized carbons (Fsp3) is 0.588. The van der Waals surface area contributed by atoms with Gasteiger partial charge in [-0.2, -0.15) is 0 Å². The molecule has 116 valence electrons. The number of piperidine rings is 1. The fourth-order valence-corrected chi connectivity index (χ4v) is 2.76. The molecular weight excluding hydrogens is 264 g/mol. The van der Waals surface area contributed by atoms with Crippen molar-refractivity contribution in [3.8, 4) is 5.75 Å². The predicted molar refractivity (Wildman–Crippen MR) is 84.8 cm³/mol. The highest BCUT2D eigenvalue weighted by molar-refractivity contribution is 5.96. The molecule has 0 aromatic heterocycles. The molecule has 1 unspecified atom stereocenters. The number of ether oxygens (including phenoxy) is 1. The highest BCUT2D eigenvalue weighted by Crippen LogP contribution is 2.19. The largest absolute Gasteiger partial charge is 0.493 e. The lowest BCUT2D eigenvalue weighted by Crippen LogP contribution is -2.39. The Morgan fingerprint density at radius 3 is 3.00 bits per heavy atom. The molecular formula is C17H26N2O2. The van der Waals surface area contributed by atoms with Gasteiger partial charge in [0.2, 0.25) is 0 Å². The Bertz CT molecular complexity index is 462. The van der Waals surface area contributed by atoms with Gasteiger partial charge in [0, 0.05) is 13.1 Å². The van der Waals surface area contributed by atoms with Crippen molar-refractivity contribution in [3.63, 3.8) is 0 Å². The van der Waals surface area contributed by atoms with Gasteiger partial charge in [-0.15, -0.1) is 0 Å². The lowest BCUT2D eigenvalue weighted by atomic mass is 9.98. The SMILES string of the molecule is CCCOc1ccccc1C(=O)NCC1CCCN(C)C1. The maximum Gasteiger partial charge on any atom is 0.255 e. The third kappa shape index (κ3) is 4.74. The highest BCUT2D eigenvalue weighted by Gasteiger charge is 2.19. The van der Waals surface area contributed by atoms with Crippen LogP contribution >= 0.6 is 0 Å². The zero-order chi connectivity index (χ0) is 15.1. The van der Waals surface area contributed by atoms with E-state index in [2.05, 4.69) is 24.2 Å². The minimum atomic E-state index is -0.0325. The van der Waals surface area contributed by atoms with Crippen LogP contribution in [0.1, 0.15) is 36.5 Å². The van der Waals surface area contributed by atoms with Crippen LogP contribution in [-0.4, -0.2) is 44.1 Å². The van der Waals surface area contributed by atoms with E-state index in [1.54, 1.807) is 0 Å². The van der Waals surface area contributed by atoms with E-state index >= 15 is 0 Å². The fourth-order valence-electron chi connectivity index (χ4n) is 2.76. The van der Waals surface area contributed by atoms with Crippen molar-refractivity contribution < 1.29 is 9.53 Å². The Morgan fingerprint density at radius 1 is 1.43 bits per heavy atom. The van der Waals surface area contributed by atoms with Gasteiger partial charge in [0.15, 0.2) is 0 Å². The number of carbonyl (C=O) groups is 1. The Hall–Kier alpha value is -1.55. The smallest absolute Gasteiger partial charge is 0.255 e. The zero-order valence-corrected chi connectivity index (χ0v) is 13.1. The van der Waals surface area contributed by atoms with Crippen molar-refractivity contribution >= 4 is 5.91 Å². The monoisotopic (exact) mass is 290 g/mol. The molecule has 1 aromatic rings. The van der Waals surface area contributed by atoms with Gasteiger partial charge < -0.3 is 15.0 Å². The van der Waals surface area contributed by atoms with Gasteiger partial charge in [-0.1, -0.05) is 19.1 Å². The van der Waals surface area contributed by atoms with Crippen molar-refractivity contribution in [2.24, 2.45) is 5.92 Å². The molecule has 1 amide bonds. The van der Waals surface area contributed by atoms with Crippen LogP contribution in [0.25, 0.3) is 0 Å². The second-order valence-corrected chi connectivity index (χ2v) is 5.83. The second-order valence-electron chi connectivity index (χ2n) is 5.83. The molecule has 0 aliphatic carbocycles. The van der Waals surface area contributed by atoms with Crippen molar-refractivity contribution in [3.05, 3.63) is 29.8 Å². The Balaban J connectivity index is 1.90. The van der Waals surface area contributed by atoms with Gasteiger partial charge >= 0.3 is 0 Å². The summed E-state index contributed by atoms with van der Waals surface area (Å²) in [6.45, 7) is 5.66. The van der Waals surface area contributed by atoms with Crippen molar-refractivity contribution in [1.82, 2.24) is 10.2 Å². The third-order valence-corrected chi connectivity index (χ3v) is 3.87. The summed E-state index contributed by atoms with van der Waals surface area (Å²) >= 11 is 0. The van der Waals surface area contributed by atoms with Crippen LogP contribution in [0, 0.1) is 5.92 Å². The average Bonchev–Trinajstić information content (AvgIpc) is 2.51. The Kier molecular flexibility index (Phi) is 6.05. The summed E-state index contributed by atoms with van der Waals surface area (Å²) in [4.78, 5) is 14.7. The summed E-state index contributed by atoms with van der Waals surface area (Å²) in [5.41, 5.74) is 0.634. The third-order valence-electron chi connectivity index (χ3n) is 3.87. The van der Waals surface area contributed by atoms with E-state index in [0.717, 1.165) is 26.1 Å². The summed E-state index contributed by atoms with van der Waals surface area (Å²) < 4.78 is 5.65. The van der Waals surface area contributed by atoms with E-state index in [1.807, 2.05) is 24.3 Å². The molecule has 4 heteroatoms. The summed E-state index contributed by atoms with van der Waals surface area (Å²) in [5, 5.41) is 3.06. The zero-order valence-electron chi connectivity index (χ0n) is 13.1. The van der Waals surface area contributed by atoms with E-state index in [0.29, 0.717) is 23.8 Å². The van der Waals surface area contributed by atoms with Gasteiger partial charge in [-0.3, -0.25) is 4.79 Å². The Labute approximate surface area is 127 Å². The average molecular weight is 290 g/mol. The topological polar surface area (TPSA) is 41.6 Å². The van der Waals surface area contributed by atoms with E-state index < -0.39 is 0 Å². The molecule has 1 N–H and O–H groups in total. The standard InChI is InChI=1S/C17H26N2O2/c1-3-11-21-16-9-5-4-8-15(16)17(20)18-12-14-7-6-10-19(2)13-14/h4-5,8-9,14H,3,6-7,10-13H2,1-2H3,(H,18,20). The van der Waals surface area contributed by atoms with Gasteiger partial charge in [-0.05, 0) is 50.9 Å².